The van der Waals surface area contributed by atoms with E-state index in [4.69, 9.17) is 4.74 Å². The second-order valence-corrected chi connectivity index (χ2v) is 6.75. The van der Waals surface area contributed by atoms with Gasteiger partial charge < -0.3 is 18.1 Å². The molecule has 0 bridgehead atoms. The van der Waals surface area contributed by atoms with Gasteiger partial charge >= 0.3 is 18.9 Å². The van der Waals surface area contributed by atoms with Crippen molar-refractivity contribution in [3.63, 3.8) is 0 Å². The van der Waals surface area contributed by atoms with Crippen LogP contribution in [0, 0.1) is 6.92 Å². The molecular weight excluding hydrogens is 310 g/mol. The Kier molecular flexibility index (Phi) is 10.0. The number of aryl methyl sites for hydroxylation is 1. The van der Waals surface area contributed by atoms with Crippen LogP contribution in [0.5, 0.6) is 5.75 Å². The van der Waals surface area contributed by atoms with Gasteiger partial charge in [-0.05, 0) is 31.0 Å². The minimum absolute atomic E-state index is 0. The van der Waals surface area contributed by atoms with Crippen LogP contribution >= 0.6 is 8.58 Å². The van der Waals surface area contributed by atoms with Crippen LogP contribution in [0.25, 0.3) is 0 Å². The summed E-state index contributed by atoms with van der Waals surface area (Å²) in [7, 11) is 0.716. The summed E-state index contributed by atoms with van der Waals surface area (Å²) in [6, 6.07) is 15.4. The molecule has 0 unspecified atom stereocenters. The molecule has 0 aliphatic heterocycles. The van der Waals surface area contributed by atoms with Gasteiger partial charge in [-0.25, -0.2) is 0 Å². The van der Waals surface area contributed by atoms with Gasteiger partial charge in [-0.2, -0.15) is 5.30 Å². The number of benzene rings is 2. The van der Waals surface area contributed by atoms with Crippen molar-refractivity contribution in [3.8, 4) is 5.75 Å². The molecule has 122 valence electrons. The van der Waals surface area contributed by atoms with E-state index in [0.717, 1.165) is 35.2 Å². The van der Waals surface area contributed by atoms with E-state index in [1.807, 2.05) is 55.5 Å². The molecule has 0 spiro atoms. The summed E-state index contributed by atoms with van der Waals surface area (Å²) in [5, 5.41) is 1.04. The summed E-state index contributed by atoms with van der Waals surface area (Å²) in [6.07, 6.45) is 4.82. The molecule has 0 radical (unpaired) electrons. The number of ether oxygens (including phenoxy) is 1. The van der Waals surface area contributed by atoms with E-state index in [0.29, 0.717) is 8.58 Å². The predicted octanol–water partition coefficient (Wildman–Crippen LogP) is 2.37. The third kappa shape index (κ3) is 6.82. The minimum Gasteiger partial charge on any atom is -0.494 e. The summed E-state index contributed by atoms with van der Waals surface area (Å²) in [6.45, 7) is 5.00. The molecule has 0 aliphatic rings. The number of carbonyl (C=O) groups is 1. The van der Waals surface area contributed by atoms with E-state index >= 15 is 0 Å². The maximum absolute atomic E-state index is 12.3. The zero-order valence-electron chi connectivity index (χ0n) is 14.9. The quantitative estimate of drug-likeness (QED) is 0.400. The van der Waals surface area contributed by atoms with E-state index in [2.05, 4.69) is 6.92 Å². The van der Waals surface area contributed by atoms with Crippen LogP contribution in [0.1, 0.15) is 48.5 Å². The van der Waals surface area contributed by atoms with Crippen molar-refractivity contribution < 1.29 is 28.4 Å². The molecule has 2 aromatic rings. The molecule has 0 N–H and O–H groups in total. The number of rotatable bonds is 9. The molecule has 24 heavy (non-hydrogen) atoms. The Balaban J connectivity index is 0.00000288. The molecule has 2 nitrogen and oxygen atoms in total. The second-order valence-electron chi connectivity index (χ2n) is 5.64. The largest absolute Gasteiger partial charge is 1.00 e. The first-order valence-electron chi connectivity index (χ1n) is 8.25. The van der Waals surface area contributed by atoms with Gasteiger partial charge in [0.25, 0.3) is 0 Å². The first-order valence-corrected chi connectivity index (χ1v) is 9.14. The van der Waals surface area contributed by atoms with Gasteiger partial charge in [0, 0.05) is 5.52 Å². The van der Waals surface area contributed by atoms with Crippen LogP contribution in [0.2, 0.25) is 0 Å². The normalized spacial score (nSPS) is 10.6. The van der Waals surface area contributed by atoms with Gasteiger partial charge in [-0.3, -0.25) is 0 Å². The van der Waals surface area contributed by atoms with Crippen molar-refractivity contribution in [2.24, 2.45) is 0 Å². The van der Waals surface area contributed by atoms with Crippen LogP contribution in [0.3, 0.4) is 0 Å². The van der Waals surface area contributed by atoms with Crippen molar-refractivity contribution in [1.82, 2.24) is 0 Å². The predicted molar refractivity (Wildman–Crippen MR) is 98.1 cm³/mol. The Morgan fingerprint density at radius 3 is 2.46 bits per heavy atom. The number of carbonyl (C=O) groups excluding carboxylic acids is 1. The van der Waals surface area contributed by atoms with Gasteiger partial charge in [-0.15, -0.1) is 0 Å². The Hall–Kier alpha value is -1.06. The summed E-state index contributed by atoms with van der Waals surface area (Å²) >= 11 is 0. The first-order chi connectivity index (χ1) is 11.2. The summed E-state index contributed by atoms with van der Waals surface area (Å²) < 4.78 is 5.79. The van der Waals surface area contributed by atoms with Crippen LogP contribution in [-0.2, 0) is 0 Å². The molecule has 2 rings (SSSR count). The van der Waals surface area contributed by atoms with Crippen molar-refractivity contribution in [3.05, 3.63) is 59.7 Å². The molecule has 0 fully saturated rings. The number of hydrogen-bond acceptors (Lipinski definition) is 2. The Morgan fingerprint density at radius 1 is 1.04 bits per heavy atom. The topological polar surface area (TPSA) is 26.3 Å². The number of hydrogen-bond donors (Lipinski definition) is 0. The fourth-order valence-electron chi connectivity index (χ4n) is 2.32. The molecule has 0 aliphatic carbocycles. The molecule has 0 heterocycles. The van der Waals surface area contributed by atoms with Crippen LogP contribution in [-0.4, -0.2) is 12.1 Å². The fraction of sp³-hybridized carbons (Fsp3) is 0.350. The fourth-order valence-corrected chi connectivity index (χ4v) is 3.20. The SMILES string of the molecule is CCCCCCOc1ccc([P-]C(=O)c2ccccc2)c(C)c1.[Li+]. The summed E-state index contributed by atoms with van der Waals surface area (Å²) in [5.41, 5.74) is 1.98. The van der Waals surface area contributed by atoms with Crippen LogP contribution in [0.15, 0.2) is 48.5 Å². The molecule has 0 saturated heterocycles. The zero-order valence-corrected chi connectivity index (χ0v) is 15.8. The monoisotopic (exact) mass is 334 g/mol. The maximum atomic E-state index is 12.3. The van der Waals surface area contributed by atoms with Crippen LogP contribution < -0.4 is 28.9 Å². The molecule has 4 heteroatoms. The van der Waals surface area contributed by atoms with Gasteiger partial charge in [0.1, 0.15) is 5.75 Å². The summed E-state index contributed by atoms with van der Waals surface area (Å²) in [4.78, 5) is 12.3. The molecule has 2 aromatic carbocycles. The number of unbranched alkanes of at least 4 members (excludes halogenated alkanes) is 3. The van der Waals surface area contributed by atoms with Crippen LogP contribution in [0.4, 0.5) is 0 Å². The average molecular weight is 334 g/mol. The first kappa shape index (κ1) is 21.0. The van der Waals surface area contributed by atoms with Crippen molar-refractivity contribution in [1.29, 1.82) is 0 Å². The van der Waals surface area contributed by atoms with Crippen molar-refractivity contribution in [2.75, 3.05) is 6.61 Å². The van der Waals surface area contributed by atoms with E-state index in [1.54, 1.807) is 0 Å². The molecular formula is C20H24LiO2P. The Morgan fingerprint density at radius 2 is 1.79 bits per heavy atom. The van der Waals surface area contributed by atoms with Crippen molar-refractivity contribution in [2.45, 2.75) is 39.5 Å². The summed E-state index contributed by atoms with van der Waals surface area (Å²) in [5.74, 6) is 0.894. The Bertz CT molecular complexity index is 629. The Labute approximate surface area is 159 Å². The molecule has 0 amide bonds. The second kappa shape index (κ2) is 11.5. The maximum Gasteiger partial charge on any atom is 1.00 e. The standard InChI is InChI=1S/C20H24O2P.Li/c1-3-4-5-9-14-22-18-12-13-19(16(2)15-18)23-20(21)17-10-7-6-8-11-17;/h6-8,10-13,15H,3-5,9,14H2,1-2H3;/q-1;+1. The zero-order chi connectivity index (χ0) is 16.5. The van der Waals surface area contributed by atoms with Gasteiger partial charge in [-0.1, -0.05) is 68.1 Å². The van der Waals surface area contributed by atoms with E-state index in [-0.39, 0.29) is 24.4 Å². The van der Waals surface area contributed by atoms with Gasteiger partial charge in [0.05, 0.1) is 6.61 Å². The van der Waals surface area contributed by atoms with Crippen molar-refractivity contribution >= 4 is 19.4 Å². The van der Waals surface area contributed by atoms with E-state index < -0.39 is 0 Å². The third-order valence-corrected chi connectivity index (χ3v) is 4.88. The van der Waals surface area contributed by atoms with E-state index in [9.17, 15) is 4.79 Å². The van der Waals surface area contributed by atoms with Gasteiger partial charge in [0.15, 0.2) is 0 Å². The average Bonchev–Trinajstić information content (AvgIpc) is 2.57. The van der Waals surface area contributed by atoms with E-state index in [1.165, 1.54) is 19.3 Å². The smallest absolute Gasteiger partial charge is 0.494 e. The molecule has 0 saturated carbocycles. The molecule has 0 aromatic heterocycles. The minimum atomic E-state index is 0. The third-order valence-electron chi connectivity index (χ3n) is 3.68. The molecule has 0 atom stereocenters. The van der Waals surface area contributed by atoms with Gasteiger partial charge in [0.2, 0.25) is 0 Å².